The van der Waals surface area contributed by atoms with E-state index in [1.54, 1.807) is 24.2 Å². The summed E-state index contributed by atoms with van der Waals surface area (Å²) in [4.78, 5) is 17.4. The number of aryl methyl sites for hydroxylation is 1. The number of nitrogens with one attached hydrogen (secondary N) is 1. The van der Waals surface area contributed by atoms with E-state index >= 15 is 0 Å². The third kappa shape index (κ3) is 4.95. The number of aromatic nitrogens is 5. The number of rotatable bonds is 7. The molecule has 5 rings (SSSR count). The summed E-state index contributed by atoms with van der Waals surface area (Å²) in [6.07, 6.45) is 5.40. The molecule has 2 aromatic carbocycles. The van der Waals surface area contributed by atoms with E-state index in [1.807, 2.05) is 72.4 Å². The van der Waals surface area contributed by atoms with Gasteiger partial charge in [-0.3, -0.25) is 9.48 Å². The SMILES string of the molecule is COc1ccc(-c2ccnc3c2c(C)nn3CC(=O)Nc2cccc(Cn3cc(Br)cn3)c2)cc1. The smallest absolute Gasteiger partial charge is 0.246 e. The van der Waals surface area contributed by atoms with E-state index in [9.17, 15) is 4.79 Å². The van der Waals surface area contributed by atoms with Gasteiger partial charge in [0.15, 0.2) is 5.65 Å². The molecule has 1 amide bonds. The van der Waals surface area contributed by atoms with Crippen LogP contribution in [0.15, 0.2) is 77.7 Å². The van der Waals surface area contributed by atoms with Gasteiger partial charge in [-0.05, 0) is 69.9 Å². The minimum absolute atomic E-state index is 0.0553. The van der Waals surface area contributed by atoms with Crippen molar-refractivity contribution in [2.24, 2.45) is 0 Å². The number of benzene rings is 2. The molecule has 9 heteroatoms. The highest BCUT2D eigenvalue weighted by Crippen LogP contribution is 2.31. The Hall–Kier alpha value is -3.98. The summed E-state index contributed by atoms with van der Waals surface area (Å²) in [6.45, 7) is 2.60. The Morgan fingerprint density at radius 2 is 1.97 bits per heavy atom. The molecule has 0 saturated heterocycles. The molecule has 0 saturated carbocycles. The Labute approximate surface area is 210 Å². The third-order valence-corrected chi connectivity index (χ3v) is 6.07. The molecule has 0 spiro atoms. The van der Waals surface area contributed by atoms with Crippen molar-refractivity contribution in [3.8, 4) is 16.9 Å². The van der Waals surface area contributed by atoms with E-state index < -0.39 is 0 Å². The highest BCUT2D eigenvalue weighted by Gasteiger charge is 2.16. The predicted octanol–water partition coefficient (Wildman–Crippen LogP) is 5.06. The maximum absolute atomic E-state index is 12.9. The molecule has 8 nitrogen and oxygen atoms in total. The van der Waals surface area contributed by atoms with Gasteiger partial charge in [0, 0.05) is 23.5 Å². The second kappa shape index (κ2) is 9.71. The molecule has 0 atom stereocenters. The molecule has 1 N–H and O–H groups in total. The number of hydrogen-bond acceptors (Lipinski definition) is 5. The summed E-state index contributed by atoms with van der Waals surface area (Å²) in [5.41, 5.74) is 5.29. The summed E-state index contributed by atoms with van der Waals surface area (Å²) in [5, 5.41) is 12.8. The van der Waals surface area contributed by atoms with Crippen molar-refractivity contribution in [3.63, 3.8) is 0 Å². The number of amides is 1. The molecule has 5 aromatic rings. The van der Waals surface area contributed by atoms with Gasteiger partial charge in [-0.25, -0.2) is 9.67 Å². The van der Waals surface area contributed by atoms with Gasteiger partial charge in [-0.2, -0.15) is 10.2 Å². The van der Waals surface area contributed by atoms with Crippen LogP contribution in [0.25, 0.3) is 22.2 Å². The van der Waals surface area contributed by atoms with Crippen LogP contribution in [-0.4, -0.2) is 37.6 Å². The maximum atomic E-state index is 12.9. The summed E-state index contributed by atoms with van der Waals surface area (Å²) >= 11 is 3.41. The quantitative estimate of drug-likeness (QED) is 0.317. The molecule has 0 aliphatic heterocycles. The number of ether oxygens (including phenoxy) is 1. The van der Waals surface area contributed by atoms with Gasteiger partial charge < -0.3 is 10.1 Å². The molecule has 0 fully saturated rings. The van der Waals surface area contributed by atoms with Gasteiger partial charge in [0.25, 0.3) is 0 Å². The van der Waals surface area contributed by atoms with Crippen molar-refractivity contribution in [1.29, 1.82) is 0 Å². The molecular formula is C26H23BrN6O2. The van der Waals surface area contributed by atoms with E-state index in [2.05, 4.69) is 36.4 Å². The number of carbonyl (C=O) groups excluding carboxylic acids is 1. The zero-order chi connectivity index (χ0) is 24.4. The number of anilines is 1. The fourth-order valence-corrected chi connectivity index (χ4v) is 4.43. The van der Waals surface area contributed by atoms with Crippen molar-refractivity contribution >= 4 is 38.6 Å². The summed E-state index contributed by atoms with van der Waals surface area (Å²) < 4.78 is 9.68. The Morgan fingerprint density at radius 1 is 1.14 bits per heavy atom. The molecule has 0 aliphatic carbocycles. The van der Waals surface area contributed by atoms with Gasteiger partial charge in [0.05, 0.1) is 30.0 Å². The van der Waals surface area contributed by atoms with Gasteiger partial charge in [-0.15, -0.1) is 0 Å². The van der Waals surface area contributed by atoms with Gasteiger partial charge in [0.2, 0.25) is 5.91 Å². The van der Waals surface area contributed by atoms with Gasteiger partial charge in [0.1, 0.15) is 12.3 Å². The zero-order valence-corrected chi connectivity index (χ0v) is 20.9. The lowest BCUT2D eigenvalue weighted by Gasteiger charge is -2.09. The average Bonchev–Trinajstić information content (AvgIpc) is 3.41. The van der Waals surface area contributed by atoms with Crippen molar-refractivity contribution in [2.45, 2.75) is 20.0 Å². The van der Waals surface area contributed by atoms with E-state index in [1.165, 1.54) is 0 Å². The van der Waals surface area contributed by atoms with Crippen LogP contribution >= 0.6 is 15.9 Å². The molecule has 3 heterocycles. The number of hydrogen-bond donors (Lipinski definition) is 1. The first-order valence-corrected chi connectivity index (χ1v) is 11.8. The third-order valence-electron chi connectivity index (χ3n) is 5.66. The van der Waals surface area contributed by atoms with Crippen molar-refractivity contribution in [1.82, 2.24) is 24.5 Å². The van der Waals surface area contributed by atoms with Crippen LogP contribution in [0, 0.1) is 6.92 Å². The van der Waals surface area contributed by atoms with Crippen molar-refractivity contribution < 1.29 is 9.53 Å². The van der Waals surface area contributed by atoms with E-state index in [-0.39, 0.29) is 12.5 Å². The number of pyridine rings is 1. The minimum atomic E-state index is -0.176. The average molecular weight is 531 g/mol. The highest BCUT2D eigenvalue weighted by atomic mass is 79.9. The topological polar surface area (TPSA) is 86.9 Å². The van der Waals surface area contributed by atoms with Gasteiger partial charge in [-0.1, -0.05) is 24.3 Å². The standard InChI is InChI=1S/C26H23BrN6O2/c1-17-25-23(19-6-8-22(35-2)9-7-19)10-11-28-26(25)33(31-17)16-24(34)30-21-5-3-4-18(12-21)14-32-15-20(27)13-29-32/h3-13,15H,14,16H2,1-2H3,(H,30,34). The fraction of sp³-hybridized carbons (Fsp3) is 0.154. The summed E-state index contributed by atoms with van der Waals surface area (Å²) in [6, 6.07) is 17.6. The zero-order valence-electron chi connectivity index (χ0n) is 19.3. The highest BCUT2D eigenvalue weighted by molar-refractivity contribution is 9.10. The first-order chi connectivity index (χ1) is 17.0. The Morgan fingerprint density at radius 3 is 2.71 bits per heavy atom. The van der Waals surface area contributed by atoms with E-state index in [0.717, 1.165) is 43.7 Å². The number of carbonyl (C=O) groups is 1. The van der Waals surface area contributed by atoms with Crippen LogP contribution in [0.4, 0.5) is 5.69 Å². The monoisotopic (exact) mass is 530 g/mol. The van der Waals surface area contributed by atoms with Crippen LogP contribution in [0.2, 0.25) is 0 Å². The van der Waals surface area contributed by atoms with Crippen LogP contribution in [0.5, 0.6) is 5.75 Å². The molecule has 0 bridgehead atoms. The van der Waals surface area contributed by atoms with E-state index in [4.69, 9.17) is 4.74 Å². The van der Waals surface area contributed by atoms with Crippen molar-refractivity contribution in [2.75, 3.05) is 12.4 Å². The molecule has 0 unspecified atom stereocenters. The first-order valence-electron chi connectivity index (χ1n) is 11.0. The number of methoxy groups -OCH3 is 1. The lowest BCUT2D eigenvalue weighted by Crippen LogP contribution is -2.20. The number of fused-ring (bicyclic) bond motifs is 1. The molecule has 3 aromatic heterocycles. The summed E-state index contributed by atoms with van der Waals surface area (Å²) in [5.74, 6) is 0.620. The van der Waals surface area contributed by atoms with E-state index in [0.29, 0.717) is 12.2 Å². The lowest BCUT2D eigenvalue weighted by atomic mass is 10.0. The maximum Gasteiger partial charge on any atom is 0.246 e. The second-order valence-electron chi connectivity index (χ2n) is 8.13. The fourth-order valence-electron chi connectivity index (χ4n) is 4.10. The summed E-state index contributed by atoms with van der Waals surface area (Å²) in [7, 11) is 1.65. The van der Waals surface area contributed by atoms with Crippen LogP contribution in [-0.2, 0) is 17.9 Å². The minimum Gasteiger partial charge on any atom is -0.497 e. The predicted molar refractivity (Wildman–Crippen MR) is 138 cm³/mol. The van der Waals surface area contributed by atoms with Crippen LogP contribution in [0.3, 0.4) is 0 Å². The second-order valence-corrected chi connectivity index (χ2v) is 9.05. The Kier molecular flexibility index (Phi) is 6.33. The normalized spacial score (nSPS) is 11.1. The molecular weight excluding hydrogens is 508 g/mol. The number of halogens is 1. The lowest BCUT2D eigenvalue weighted by molar-refractivity contribution is -0.116. The molecule has 0 radical (unpaired) electrons. The first kappa shape index (κ1) is 22.8. The Bertz CT molecular complexity index is 1510. The molecule has 0 aliphatic rings. The van der Waals surface area contributed by atoms with Crippen LogP contribution < -0.4 is 10.1 Å². The Balaban J connectivity index is 1.35. The van der Waals surface area contributed by atoms with Crippen LogP contribution in [0.1, 0.15) is 11.3 Å². The van der Waals surface area contributed by atoms with Crippen molar-refractivity contribution in [3.05, 3.63) is 88.9 Å². The molecule has 176 valence electrons. The number of nitrogens with zero attached hydrogens (tertiary/aromatic N) is 5. The molecule has 35 heavy (non-hydrogen) atoms. The van der Waals surface area contributed by atoms with Gasteiger partial charge >= 0.3 is 0 Å². The largest absolute Gasteiger partial charge is 0.497 e.